The Hall–Kier alpha value is -2.15. The minimum absolute atomic E-state index is 0.0195. The van der Waals surface area contributed by atoms with Crippen molar-refractivity contribution in [1.29, 1.82) is 0 Å². The second-order valence-electron chi connectivity index (χ2n) is 3.48. The lowest BCUT2D eigenvalue weighted by Crippen LogP contribution is -2.32. The van der Waals surface area contributed by atoms with E-state index in [-0.39, 0.29) is 16.3 Å². The molecule has 0 fully saturated rings. The van der Waals surface area contributed by atoms with Crippen LogP contribution in [0.15, 0.2) is 18.2 Å². The molecule has 0 atom stereocenters. The molecule has 0 spiro atoms. The van der Waals surface area contributed by atoms with Gasteiger partial charge in [-0.15, -0.1) is 0 Å². The summed E-state index contributed by atoms with van der Waals surface area (Å²) in [6.07, 6.45) is 0. The number of hydrogen-bond acceptors (Lipinski definition) is 4. The van der Waals surface area contributed by atoms with Gasteiger partial charge in [0.25, 0.3) is 11.6 Å². The Bertz CT molecular complexity index is 517. The normalized spacial score (nSPS) is 9.89. The summed E-state index contributed by atoms with van der Waals surface area (Å²) in [4.78, 5) is 33.1. The minimum atomic E-state index is -1.16. The number of benzene rings is 1. The third-order valence-corrected chi connectivity index (χ3v) is 2.43. The molecule has 0 bridgehead atoms. The summed E-state index contributed by atoms with van der Waals surface area (Å²) in [6.45, 7) is -0.480. The highest BCUT2D eigenvalue weighted by Gasteiger charge is 2.19. The molecule has 0 aromatic heterocycles. The maximum atomic E-state index is 11.8. The number of carbonyl (C=O) groups is 2. The molecule has 1 aromatic carbocycles. The maximum absolute atomic E-state index is 11.8. The number of hydrogen-bond donors (Lipinski definition) is 1. The molecule has 1 amide bonds. The first kappa shape index (κ1) is 13.9. The van der Waals surface area contributed by atoms with E-state index in [1.54, 1.807) is 0 Å². The predicted octanol–water partition coefficient (Wildman–Crippen LogP) is 1.40. The van der Waals surface area contributed by atoms with Crippen LogP contribution in [0.25, 0.3) is 0 Å². The molecule has 1 N–H and O–H groups in total. The number of nitrogens with zero attached hydrogens (tertiary/aromatic N) is 2. The van der Waals surface area contributed by atoms with Crippen LogP contribution in [0.5, 0.6) is 0 Å². The first-order valence-electron chi connectivity index (χ1n) is 4.74. The van der Waals surface area contributed by atoms with Crippen molar-refractivity contribution in [2.45, 2.75) is 0 Å². The highest BCUT2D eigenvalue weighted by atomic mass is 35.5. The fraction of sp³-hybridized carbons (Fsp3) is 0.200. The Morgan fingerprint density at radius 1 is 1.50 bits per heavy atom. The lowest BCUT2D eigenvalue weighted by Gasteiger charge is -2.15. The Balaban J connectivity index is 3.00. The van der Waals surface area contributed by atoms with Gasteiger partial charge in [-0.25, -0.2) is 0 Å². The van der Waals surface area contributed by atoms with Gasteiger partial charge in [-0.2, -0.15) is 0 Å². The van der Waals surface area contributed by atoms with Crippen LogP contribution in [0.4, 0.5) is 5.69 Å². The first-order chi connectivity index (χ1) is 8.32. The lowest BCUT2D eigenvalue weighted by molar-refractivity contribution is -0.384. The second-order valence-corrected chi connectivity index (χ2v) is 3.88. The molecule has 0 saturated carbocycles. The van der Waals surface area contributed by atoms with Crippen molar-refractivity contribution in [3.63, 3.8) is 0 Å². The van der Waals surface area contributed by atoms with Crippen molar-refractivity contribution in [2.24, 2.45) is 0 Å². The van der Waals surface area contributed by atoms with Gasteiger partial charge in [0, 0.05) is 19.2 Å². The second kappa shape index (κ2) is 5.46. The highest BCUT2D eigenvalue weighted by molar-refractivity contribution is 6.34. The fourth-order valence-electron chi connectivity index (χ4n) is 1.27. The summed E-state index contributed by atoms with van der Waals surface area (Å²) >= 11 is 5.75. The SMILES string of the molecule is CN(CC(=O)O)C(=O)c1ccc([N+](=O)[O-])cc1Cl. The Morgan fingerprint density at radius 3 is 2.56 bits per heavy atom. The van der Waals surface area contributed by atoms with E-state index in [0.717, 1.165) is 17.0 Å². The molecule has 0 aliphatic rings. The number of halogens is 1. The van der Waals surface area contributed by atoms with E-state index in [1.165, 1.54) is 13.1 Å². The zero-order valence-corrected chi connectivity index (χ0v) is 10.0. The first-order valence-corrected chi connectivity index (χ1v) is 5.12. The summed E-state index contributed by atoms with van der Waals surface area (Å²) in [5, 5.41) is 18.9. The molecule has 0 saturated heterocycles. The predicted molar refractivity (Wildman–Crippen MR) is 62.7 cm³/mol. The number of non-ortho nitro benzene ring substituents is 1. The van der Waals surface area contributed by atoms with Gasteiger partial charge < -0.3 is 10.0 Å². The van der Waals surface area contributed by atoms with E-state index < -0.39 is 23.3 Å². The van der Waals surface area contributed by atoms with E-state index in [0.29, 0.717) is 0 Å². The molecule has 0 radical (unpaired) electrons. The van der Waals surface area contributed by atoms with E-state index in [1.807, 2.05) is 0 Å². The summed E-state index contributed by atoms with van der Waals surface area (Å²) in [7, 11) is 1.30. The van der Waals surface area contributed by atoms with E-state index in [2.05, 4.69) is 0 Å². The van der Waals surface area contributed by atoms with E-state index in [4.69, 9.17) is 16.7 Å². The number of nitro benzene ring substituents is 1. The van der Waals surface area contributed by atoms with Crippen LogP contribution in [0.2, 0.25) is 5.02 Å². The van der Waals surface area contributed by atoms with Crippen LogP contribution in [0, 0.1) is 10.1 Å². The van der Waals surface area contributed by atoms with Gasteiger partial charge in [-0.05, 0) is 6.07 Å². The van der Waals surface area contributed by atoms with Gasteiger partial charge in [0.05, 0.1) is 15.5 Å². The van der Waals surface area contributed by atoms with Gasteiger partial charge in [-0.1, -0.05) is 11.6 Å². The Labute approximate surface area is 107 Å². The van der Waals surface area contributed by atoms with Crippen LogP contribution in [0.3, 0.4) is 0 Å². The van der Waals surface area contributed by atoms with Crippen molar-refractivity contribution in [3.05, 3.63) is 38.9 Å². The van der Waals surface area contributed by atoms with Crippen LogP contribution >= 0.6 is 11.6 Å². The average molecular weight is 273 g/mol. The molecule has 1 aromatic rings. The van der Waals surface area contributed by atoms with Crippen molar-refractivity contribution in [1.82, 2.24) is 4.90 Å². The van der Waals surface area contributed by atoms with Crippen molar-refractivity contribution < 1.29 is 19.6 Å². The highest BCUT2D eigenvalue weighted by Crippen LogP contribution is 2.23. The van der Waals surface area contributed by atoms with Gasteiger partial charge in [0.1, 0.15) is 6.54 Å². The number of amides is 1. The number of carbonyl (C=O) groups excluding carboxylic acids is 1. The van der Waals surface area contributed by atoms with Crippen molar-refractivity contribution >= 4 is 29.2 Å². The fourth-order valence-corrected chi connectivity index (χ4v) is 1.53. The molecule has 0 aliphatic carbocycles. The summed E-state index contributed by atoms with van der Waals surface area (Å²) in [5.41, 5.74) is -0.219. The molecule has 18 heavy (non-hydrogen) atoms. The molecular weight excluding hydrogens is 264 g/mol. The largest absolute Gasteiger partial charge is 0.480 e. The molecule has 1 rings (SSSR count). The van der Waals surface area contributed by atoms with Crippen molar-refractivity contribution in [2.75, 3.05) is 13.6 Å². The van der Waals surface area contributed by atoms with Gasteiger partial charge >= 0.3 is 5.97 Å². The molecular formula is C10H9ClN2O5. The third-order valence-electron chi connectivity index (χ3n) is 2.11. The lowest BCUT2D eigenvalue weighted by atomic mass is 10.2. The molecule has 0 unspecified atom stereocenters. The smallest absolute Gasteiger partial charge is 0.323 e. The minimum Gasteiger partial charge on any atom is -0.480 e. The summed E-state index contributed by atoms with van der Waals surface area (Å²) in [6, 6.07) is 3.37. The van der Waals surface area contributed by atoms with Gasteiger partial charge in [-0.3, -0.25) is 19.7 Å². The van der Waals surface area contributed by atoms with Gasteiger partial charge in [0.2, 0.25) is 0 Å². The molecule has 7 nitrogen and oxygen atoms in total. The van der Waals surface area contributed by atoms with Gasteiger partial charge in [0.15, 0.2) is 0 Å². The number of aliphatic carboxylic acids is 1. The number of likely N-dealkylation sites (N-methyl/N-ethyl adjacent to an activating group) is 1. The molecule has 96 valence electrons. The quantitative estimate of drug-likeness (QED) is 0.659. The Kier molecular flexibility index (Phi) is 4.22. The van der Waals surface area contributed by atoms with Crippen LogP contribution < -0.4 is 0 Å². The molecule has 0 heterocycles. The zero-order chi connectivity index (χ0) is 13.9. The maximum Gasteiger partial charge on any atom is 0.323 e. The number of carboxylic acids is 1. The number of rotatable bonds is 4. The standard InChI is InChI=1S/C10H9ClN2O5/c1-12(5-9(14)15)10(16)7-3-2-6(13(17)18)4-8(7)11/h2-4H,5H2,1H3,(H,14,15). The Morgan fingerprint density at radius 2 is 2.11 bits per heavy atom. The monoisotopic (exact) mass is 272 g/mol. The van der Waals surface area contributed by atoms with Crippen LogP contribution in [-0.2, 0) is 4.79 Å². The van der Waals surface area contributed by atoms with Crippen molar-refractivity contribution in [3.8, 4) is 0 Å². The molecule has 8 heteroatoms. The zero-order valence-electron chi connectivity index (χ0n) is 9.29. The number of carboxylic acid groups (broad SMARTS) is 1. The number of nitro groups is 1. The summed E-state index contributed by atoms with van der Waals surface area (Å²) in [5.74, 6) is -1.78. The third kappa shape index (κ3) is 3.17. The van der Waals surface area contributed by atoms with Crippen LogP contribution in [0.1, 0.15) is 10.4 Å². The van der Waals surface area contributed by atoms with Crippen LogP contribution in [-0.4, -0.2) is 40.4 Å². The summed E-state index contributed by atoms with van der Waals surface area (Å²) < 4.78 is 0. The van der Waals surface area contributed by atoms with E-state index >= 15 is 0 Å². The van der Waals surface area contributed by atoms with E-state index in [9.17, 15) is 19.7 Å². The topological polar surface area (TPSA) is 101 Å². The molecule has 0 aliphatic heterocycles. The average Bonchev–Trinajstić information content (AvgIpc) is 2.26.